The molecule has 0 radical (unpaired) electrons. The highest BCUT2D eigenvalue weighted by molar-refractivity contribution is 7.46. The predicted molar refractivity (Wildman–Crippen MR) is 102 cm³/mol. The van der Waals surface area contributed by atoms with Crippen molar-refractivity contribution in [3.8, 4) is 0 Å². The van der Waals surface area contributed by atoms with Gasteiger partial charge in [-0.1, -0.05) is 63.8 Å². The lowest BCUT2D eigenvalue weighted by Gasteiger charge is -2.24. The molecule has 1 aromatic carbocycles. The Labute approximate surface area is 152 Å². The van der Waals surface area contributed by atoms with Gasteiger partial charge in [-0.2, -0.15) is 0 Å². The normalized spacial score (nSPS) is 23.9. The highest BCUT2D eigenvalue weighted by atomic mass is 31.2. The number of hydrogen-bond donors (Lipinski definition) is 2. The zero-order valence-electron chi connectivity index (χ0n) is 15.6. The van der Waals surface area contributed by atoms with Crippen LogP contribution in [0.5, 0.6) is 0 Å². The van der Waals surface area contributed by atoms with Crippen molar-refractivity contribution in [3.05, 3.63) is 35.4 Å². The molecule has 1 aliphatic carbocycles. The molecule has 142 valence electrons. The third-order valence-electron chi connectivity index (χ3n) is 5.44. The summed E-state index contributed by atoms with van der Waals surface area (Å²) in [6.45, 7) is 4.43. The van der Waals surface area contributed by atoms with Crippen LogP contribution < -0.4 is 0 Å². The van der Waals surface area contributed by atoms with Crippen molar-refractivity contribution in [2.24, 2.45) is 5.41 Å². The van der Waals surface area contributed by atoms with E-state index in [1.165, 1.54) is 43.2 Å². The first-order valence-corrected chi connectivity index (χ1v) is 11.1. The molecule has 4 nitrogen and oxygen atoms in total. The van der Waals surface area contributed by atoms with Gasteiger partial charge in [-0.25, -0.2) is 4.57 Å². The molecule has 0 saturated heterocycles. The third-order valence-corrected chi connectivity index (χ3v) is 5.90. The van der Waals surface area contributed by atoms with Crippen LogP contribution in [0, 0.1) is 5.41 Å². The van der Waals surface area contributed by atoms with Crippen molar-refractivity contribution < 1.29 is 18.9 Å². The summed E-state index contributed by atoms with van der Waals surface area (Å²) in [7, 11) is -4.38. The van der Waals surface area contributed by atoms with E-state index in [9.17, 15) is 4.57 Å². The fourth-order valence-corrected chi connectivity index (χ4v) is 4.35. The number of benzene rings is 1. The summed E-state index contributed by atoms with van der Waals surface area (Å²) in [5.41, 5.74) is 2.60. The number of aryl methyl sites for hydroxylation is 1. The second kappa shape index (κ2) is 9.32. The third kappa shape index (κ3) is 7.22. The Balaban J connectivity index is 1.81. The molecule has 1 saturated carbocycles. The van der Waals surface area contributed by atoms with Gasteiger partial charge in [-0.05, 0) is 54.6 Å². The van der Waals surface area contributed by atoms with E-state index in [1.54, 1.807) is 0 Å². The van der Waals surface area contributed by atoms with Crippen LogP contribution in [0.3, 0.4) is 0 Å². The maximum atomic E-state index is 10.9. The van der Waals surface area contributed by atoms with Gasteiger partial charge in [-0.15, -0.1) is 0 Å². The molecule has 2 atom stereocenters. The van der Waals surface area contributed by atoms with E-state index in [2.05, 4.69) is 38.1 Å². The summed E-state index contributed by atoms with van der Waals surface area (Å²) >= 11 is 0. The maximum Gasteiger partial charge on any atom is 0.469 e. The van der Waals surface area contributed by atoms with Crippen molar-refractivity contribution in [2.75, 3.05) is 6.61 Å². The fraction of sp³-hybridized carbons (Fsp3) is 0.700. The molecular formula is C20H33O4P. The minimum absolute atomic E-state index is 0.129. The molecule has 0 unspecified atom stereocenters. The van der Waals surface area contributed by atoms with Gasteiger partial charge in [0, 0.05) is 0 Å². The van der Waals surface area contributed by atoms with Crippen molar-refractivity contribution in [1.29, 1.82) is 0 Å². The zero-order chi connectivity index (χ0) is 18.3. The van der Waals surface area contributed by atoms with Crippen molar-refractivity contribution in [2.45, 2.75) is 77.6 Å². The number of rotatable bonds is 10. The standard InChI is InChI=1S/C20H33O4P/c1-3-4-5-6-7-8-17-9-11-18(12-10-17)19-13-14-20(2,15-19)16-24-25(21,22)23/h9-12,19H,3-8,13-16H2,1-2H3,(H2,21,22,23)/t19-,20-/m0/s1. The minimum Gasteiger partial charge on any atom is -0.303 e. The summed E-state index contributed by atoms with van der Waals surface area (Å²) in [6, 6.07) is 8.97. The average molecular weight is 368 g/mol. The number of phosphoric acid groups is 1. The quantitative estimate of drug-likeness (QED) is 0.418. The zero-order valence-corrected chi connectivity index (χ0v) is 16.5. The molecule has 1 fully saturated rings. The smallest absolute Gasteiger partial charge is 0.303 e. The van der Waals surface area contributed by atoms with Crippen LogP contribution in [0.15, 0.2) is 24.3 Å². The Kier molecular flexibility index (Phi) is 7.69. The van der Waals surface area contributed by atoms with Gasteiger partial charge in [0.1, 0.15) is 0 Å². The first-order chi connectivity index (χ1) is 11.8. The molecule has 0 heterocycles. The summed E-state index contributed by atoms with van der Waals surface area (Å²) in [6.07, 6.45) is 10.6. The van der Waals surface area contributed by atoms with Crippen LogP contribution in [0.4, 0.5) is 0 Å². The van der Waals surface area contributed by atoms with E-state index in [1.807, 2.05) is 0 Å². The molecule has 0 spiro atoms. The molecular weight excluding hydrogens is 335 g/mol. The van der Waals surface area contributed by atoms with E-state index in [0.29, 0.717) is 5.92 Å². The molecule has 2 N–H and O–H groups in total. The van der Waals surface area contributed by atoms with Crippen LogP contribution in [0.25, 0.3) is 0 Å². The van der Waals surface area contributed by atoms with E-state index < -0.39 is 7.82 Å². The van der Waals surface area contributed by atoms with Crippen LogP contribution in [-0.2, 0) is 15.5 Å². The molecule has 0 aliphatic heterocycles. The van der Waals surface area contributed by atoms with Crippen molar-refractivity contribution >= 4 is 7.82 Å². The topological polar surface area (TPSA) is 66.8 Å². The van der Waals surface area contributed by atoms with E-state index >= 15 is 0 Å². The van der Waals surface area contributed by atoms with Crippen molar-refractivity contribution in [1.82, 2.24) is 0 Å². The first-order valence-electron chi connectivity index (χ1n) is 9.60. The maximum absolute atomic E-state index is 10.9. The summed E-state index contributed by atoms with van der Waals surface area (Å²) < 4.78 is 15.7. The lowest BCUT2D eigenvalue weighted by atomic mass is 9.87. The van der Waals surface area contributed by atoms with Gasteiger partial charge >= 0.3 is 7.82 Å². The lowest BCUT2D eigenvalue weighted by molar-refractivity contribution is 0.120. The first kappa shape index (κ1) is 20.6. The van der Waals surface area contributed by atoms with Gasteiger partial charge in [0.15, 0.2) is 0 Å². The Hall–Kier alpha value is -0.670. The fourth-order valence-electron chi connectivity index (χ4n) is 3.87. The van der Waals surface area contributed by atoms with Crippen molar-refractivity contribution in [3.63, 3.8) is 0 Å². The molecule has 0 amide bonds. The largest absolute Gasteiger partial charge is 0.469 e. The summed E-state index contributed by atoms with van der Waals surface area (Å²) in [5.74, 6) is 0.462. The number of unbranched alkanes of at least 4 members (excludes halogenated alkanes) is 4. The molecule has 1 aromatic rings. The number of hydrogen-bond acceptors (Lipinski definition) is 2. The monoisotopic (exact) mass is 368 g/mol. The highest BCUT2D eigenvalue weighted by Gasteiger charge is 2.37. The SMILES string of the molecule is CCCCCCCc1ccc([C@H]2CC[C@](C)(COP(=O)(O)O)C2)cc1. The van der Waals surface area contributed by atoms with Gasteiger partial charge < -0.3 is 9.79 Å². The van der Waals surface area contributed by atoms with Crippen LogP contribution in [-0.4, -0.2) is 16.4 Å². The Morgan fingerprint density at radius 3 is 2.48 bits per heavy atom. The molecule has 0 aromatic heterocycles. The highest BCUT2D eigenvalue weighted by Crippen LogP contribution is 2.49. The van der Waals surface area contributed by atoms with Crippen LogP contribution >= 0.6 is 7.82 Å². The Bertz CT molecular complexity index is 566. The molecule has 5 heteroatoms. The second-order valence-corrected chi connectivity index (χ2v) is 9.16. The lowest BCUT2D eigenvalue weighted by Crippen LogP contribution is -2.19. The Morgan fingerprint density at radius 1 is 1.16 bits per heavy atom. The van der Waals surface area contributed by atoms with E-state index in [0.717, 1.165) is 25.7 Å². The van der Waals surface area contributed by atoms with Crippen LogP contribution in [0.2, 0.25) is 0 Å². The van der Waals surface area contributed by atoms with Gasteiger partial charge in [0.2, 0.25) is 0 Å². The molecule has 25 heavy (non-hydrogen) atoms. The average Bonchev–Trinajstić information content (AvgIpc) is 2.96. The van der Waals surface area contributed by atoms with Crippen LogP contribution in [0.1, 0.15) is 82.3 Å². The van der Waals surface area contributed by atoms with Gasteiger partial charge in [0.05, 0.1) is 6.61 Å². The molecule has 2 rings (SSSR count). The van der Waals surface area contributed by atoms with Gasteiger partial charge in [-0.3, -0.25) is 4.52 Å². The van der Waals surface area contributed by atoms with Gasteiger partial charge in [0.25, 0.3) is 0 Å². The molecule has 1 aliphatic rings. The minimum atomic E-state index is -4.38. The second-order valence-electron chi connectivity index (χ2n) is 7.92. The predicted octanol–water partition coefficient (Wildman–Crippen LogP) is 5.58. The van der Waals surface area contributed by atoms with E-state index in [4.69, 9.17) is 14.3 Å². The molecule has 0 bridgehead atoms. The van der Waals surface area contributed by atoms with E-state index in [-0.39, 0.29) is 12.0 Å². The Morgan fingerprint density at radius 2 is 1.84 bits per heavy atom. The summed E-state index contributed by atoms with van der Waals surface area (Å²) in [4.78, 5) is 17.8. The summed E-state index contributed by atoms with van der Waals surface area (Å²) in [5, 5.41) is 0. The number of phosphoric ester groups is 1.